The van der Waals surface area contributed by atoms with E-state index < -0.39 is 23.9 Å². The van der Waals surface area contributed by atoms with Crippen LogP contribution >= 0.6 is 0 Å². The van der Waals surface area contributed by atoms with Crippen molar-refractivity contribution in [1.29, 1.82) is 0 Å². The average Bonchev–Trinajstić information content (AvgIpc) is 3.26. The van der Waals surface area contributed by atoms with Crippen LogP contribution in [0.3, 0.4) is 0 Å². The Morgan fingerprint density at radius 3 is 2.41 bits per heavy atom. The van der Waals surface area contributed by atoms with Crippen molar-refractivity contribution in [2.24, 2.45) is 17.6 Å². The summed E-state index contributed by atoms with van der Waals surface area (Å²) in [5, 5.41) is 3.96. The molecule has 0 unspecified atom stereocenters. The molecule has 4 aromatic rings. The summed E-state index contributed by atoms with van der Waals surface area (Å²) in [6.45, 7) is 1.31. The van der Waals surface area contributed by atoms with Gasteiger partial charge < -0.3 is 20.1 Å². The number of nitrogens with two attached hydrogens (primary N) is 1. The average molecular weight is 566 g/mol. The molecule has 212 valence electrons. The number of hydrogen-bond acceptors (Lipinski definition) is 8. The fraction of sp³-hybridized carbons (Fsp3) is 0.321. The van der Waals surface area contributed by atoms with Gasteiger partial charge in [0.15, 0.2) is 0 Å². The van der Waals surface area contributed by atoms with Crippen molar-refractivity contribution in [3.8, 4) is 29.0 Å². The van der Waals surface area contributed by atoms with Crippen LogP contribution in [0.4, 0.5) is 13.2 Å². The maximum Gasteiger partial charge on any atom is 0.388 e. The van der Waals surface area contributed by atoms with Crippen LogP contribution in [0.25, 0.3) is 17.2 Å². The summed E-state index contributed by atoms with van der Waals surface area (Å²) in [7, 11) is 0. The molecular weight excluding hydrogens is 539 g/mol. The standard InChI is InChI=1S/C28H26F3N7O3/c1-28(2,32)16-10-21(15-4-6-17(29)7-5-15)35-22(11-16)40-23-18-12-37(13-19(18)23)25(39)20-14-38(27-33-8-3-9-34-27)36-24(20)41-26(30)31/h3-11,14,18-19,23,26H,12-13,32H2,1-2H3/t18-,19+,23-. The van der Waals surface area contributed by atoms with Gasteiger partial charge in [0.05, 0.1) is 11.9 Å². The normalized spacial score (nSPS) is 19.8. The first kappa shape index (κ1) is 26.7. The first-order valence-electron chi connectivity index (χ1n) is 12.9. The monoisotopic (exact) mass is 565 g/mol. The largest absolute Gasteiger partial charge is 0.474 e. The van der Waals surface area contributed by atoms with Crippen LogP contribution in [0, 0.1) is 17.7 Å². The van der Waals surface area contributed by atoms with Crippen molar-refractivity contribution in [3.63, 3.8) is 0 Å². The van der Waals surface area contributed by atoms with E-state index in [9.17, 15) is 18.0 Å². The molecule has 0 radical (unpaired) electrons. The zero-order valence-electron chi connectivity index (χ0n) is 22.1. The lowest BCUT2D eigenvalue weighted by molar-refractivity contribution is -0.0534. The van der Waals surface area contributed by atoms with Gasteiger partial charge in [-0.1, -0.05) is 0 Å². The van der Waals surface area contributed by atoms with E-state index in [1.54, 1.807) is 29.2 Å². The molecule has 3 atom stereocenters. The van der Waals surface area contributed by atoms with Gasteiger partial charge in [-0.2, -0.15) is 8.78 Å². The third kappa shape index (κ3) is 5.44. The molecule has 1 aliphatic heterocycles. The van der Waals surface area contributed by atoms with Gasteiger partial charge in [-0.05, 0) is 55.8 Å². The lowest BCUT2D eigenvalue weighted by Gasteiger charge is -2.22. The number of halogens is 3. The van der Waals surface area contributed by atoms with E-state index in [0.717, 1.165) is 15.8 Å². The number of hydrogen-bond donors (Lipinski definition) is 1. The third-order valence-corrected chi connectivity index (χ3v) is 7.21. The summed E-state index contributed by atoms with van der Waals surface area (Å²) >= 11 is 0. The van der Waals surface area contributed by atoms with Gasteiger partial charge in [-0.3, -0.25) is 4.79 Å². The van der Waals surface area contributed by atoms with E-state index in [4.69, 9.17) is 10.5 Å². The Balaban J connectivity index is 1.17. The van der Waals surface area contributed by atoms with E-state index >= 15 is 0 Å². The smallest absolute Gasteiger partial charge is 0.388 e. The number of rotatable bonds is 8. The van der Waals surface area contributed by atoms with Gasteiger partial charge in [0, 0.05) is 54.5 Å². The van der Waals surface area contributed by atoms with Gasteiger partial charge in [0.2, 0.25) is 5.88 Å². The molecule has 1 amide bonds. The van der Waals surface area contributed by atoms with Gasteiger partial charge in [-0.15, -0.1) is 5.10 Å². The van der Waals surface area contributed by atoms with E-state index in [2.05, 4.69) is 24.8 Å². The van der Waals surface area contributed by atoms with Crippen molar-refractivity contribution in [2.45, 2.75) is 32.1 Å². The predicted molar refractivity (Wildman–Crippen MR) is 140 cm³/mol. The highest BCUT2D eigenvalue weighted by molar-refractivity contribution is 5.96. The van der Waals surface area contributed by atoms with Gasteiger partial charge >= 0.3 is 6.61 Å². The Bertz CT molecular complexity index is 1560. The van der Waals surface area contributed by atoms with E-state index in [0.29, 0.717) is 24.7 Å². The third-order valence-electron chi connectivity index (χ3n) is 7.21. The predicted octanol–water partition coefficient (Wildman–Crippen LogP) is 3.81. The van der Waals surface area contributed by atoms with Crippen LogP contribution in [0.15, 0.2) is 61.1 Å². The molecule has 41 heavy (non-hydrogen) atoms. The van der Waals surface area contributed by atoms with Gasteiger partial charge in [0.1, 0.15) is 17.5 Å². The second-order valence-electron chi connectivity index (χ2n) is 10.6. The Hall–Kier alpha value is -4.52. The molecule has 6 rings (SSSR count). The fourth-order valence-electron chi connectivity index (χ4n) is 5.02. The lowest BCUT2D eigenvalue weighted by atomic mass is 9.95. The van der Waals surface area contributed by atoms with Crippen molar-refractivity contribution in [1.82, 2.24) is 29.6 Å². The number of ether oxygens (including phenoxy) is 2. The molecule has 10 nitrogen and oxygen atoms in total. The van der Waals surface area contributed by atoms with E-state index in [1.807, 2.05) is 19.9 Å². The maximum absolute atomic E-state index is 13.5. The number of benzene rings is 1. The molecule has 2 fully saturated rings. The first-order valence-corrected chi connectivity index (χ1v) is 12.9. The zero-order valence-corrected chi connectivity index (χ0v) is 22.1. The molecule has 3 aromatic heterocycles. The number of carbonyl (C=O) groups excluding carboxylic acids is 1. The van der Waals surface area contributed by atoms with Crippen LogP contribution in [0.5, 0.6) is 11.8 Å². The van der Waals surface area contributed by atoms with Crippen LogP contribution in [0.2, 0.25) is 0 Å². The Labute approximate surface area is 232 Å². The summed E-state index contributed by atoms with van der Waals surface area (Å²) in [4.78, 5) is 27.6. The molecule has 0 bridgehead atoms. The number of piperidine rings is 1. The topological polar surface area (TPSA) is 121 Å². The second kappa shape index (κ2) is 10.1. The minimum atomic E-state index is -3.16. The number of carbonyl (C=O) groups is 1. The summed E-state index contributed by atoms with van der Waals surface area (Å²) in [6.07, 6.45) is 4.04. The molecule has 2 aliphatic rings. The van der Waals surface area contributed by atoms with Crippen molar-refractivity contribution >= 4 is 5.91 Å². The molecule has 1 saturated heterocycles. The van der Waals surface area contributed by atoms with Crippen molar-refractivity contribution < 1.29 is 27.4 Å². The summed E-state index contributed by atoms with van der Waals surface area (Å²) in [5.41, 5.74) is 7.70. The second-order valence-corrected chi connectivity index (χ2v) is 10.6. The molecule has 1 saturated carbocycles. The highest BCUT2D eigenvalue weighted by Gasteiger charge is 2.59. The highest BCUT2D eigenvalue weighted by Crippen LogP contribution is 2.48. The molecule has 2 N–H and O–H groups in total. The molecule has 4 heterocycles. The number of nitrogens with zero attached hydrogens (tertiary/aromatic N) is 6. The fourth-order valence-corrected chi connectivity index (χ4v) is 5.02. The Morgan fingerprint density at radius 2 is 1.78 bits per heavy atom. The number of alkyl halides is 2. The number of aromatic nitrogens is 5. The van der Waals surface area contributed by atoms with E-state index in [1.165, 1.54) is 30.7 Å². The highest BCUT2D eigenvalue weighted by atomic mass is 19.3. The summed E-state index contributed by atoms with van der Waals surface area (Å²) in [6, 6.07) is 11.2. The molecular formula is C28H26F3N7O3. The SMILES string of the molecule is CC(C)(N)c1cc(O[C@@H]2[C@@H]3CN(C(=O)c4cn(-c5ncccn5)nc4OC(F)F)C[C@@H]32)nc(-c2ccc(F)cc2)c1. The number of likely N-dealkylation sites (tertiary alicyclic amines) is 1. The number of amides is 1. The Kier molecular flexibility index (Phi) is 6.60. The minimum Gasteiger partial charge on any atom is -0.474 e. The first-order chi connectivity index (χ1) is 19.6. The molecule has 13 heteroatoms. The lowest BCUT2D eigenvalue weighted by Crippen LogP contribution is -2.33. The molecule has 1 aliphatic carbocycles. The molecule has 1 aromatic carbocycles. The van der Waals surface area contributed by atoms with Crippen molar-refractivity contribution in [2.75, 3.05) is 13.1 Å². The van der Waals surface area contributed by atoms with Crippen molar-refractivity contribution in [3.05, 3.63) is 78.0 Å². The van der Waals surface area contributed by atoms with Gasteiger partial charge in [0.25, 0.3) is 17.7 Å². The summed E-state index contributed by atoms with van der Waals surface area (Å²) < 4.78 is 51.5. The van der Waals surface area contributed by atoms with Crippen LogP contribution < -0.4 is 15.2 Å². The zero-order chi connectivity index (χ0) is 28.9. The van der Waals surface area contributed by atoms with E-state index in [-0.39, 0.29) is 35.3 Å². The Morgan fingerprint density at radius 1 is 1.10 bits per heavy atom. The van der Waals surface area contributed by atoms with Crippen LogP contribution in [0.1, 0.15) is 29.8 Å². The van der Waals surface area contributed by atoms with Crippen LogP contribution in [-0.2, 0) is 5.54 Å². The van der Waals surface area contributed by atoms with Crippen LogP contribution in [-0.4, -0.2) is 61.3 Å². The summed E-state index contributed by atoms with van der Waals surface area (Å²) in [5.74, 6) is -0.762. The quantitative estimate of drug-likeness (QED) is 0.343. The maximum atomic E-state index is 13.5. The number of fused-ring (bicyclic) bond motifs is 1. The number of pyridine rings is 1. The van der Waals surface area contributed by atoms with Gasteiger partial charge in [-0.25, -0.2) is 24.0 Å². The minimum absolute atomic E-state index is 0.0385. The molecule has 0 spiro atoms.